The third-order valence-electron chi connectivity index (χ3n) is 2.68. The van der Waals surface area contributed by atoms with Crippen molar-refractivity contribution < 1.29 is 18.3 Å². The average molecular weight is 317 g/mol. The second kappa shape index (κ2) is 5.67. The Bertz CT molecular complexity index is 623. The van der Waals surface area contributed by atoms with E-state index in [1.165, 1.54) is 16.4 Å². The summed E-state index contributed by atoms with van der Waals surface area (Å²) >= 11 is 0.781. The Morgan fingerprint density at radius 3 is 2.40 bits per heavy atom. The minimum atomic E-state index is -3.74. The van der Waals surface area contributed by atoms with Crippen LogP contribution in [0.4, 0.5) is 0 Å². The average Bonchev–Trinajstić information content (AvgIpc) is 2.67. The predicted molar refractivity (Wildman–Crippen MR) is 79.9 cm³/mol. The van der Waals surface area contributed by atoms with Crippen LogP contribution in [0.3, 0.4) is 0 Å². The van der Waals surface area contributed by atoms with Gasteiger partial charge in [-0.25, -0.2) is 13.2 Å². The lowest BCUT2D eigenvalue weighted by atomic mass is 10.1. The van der Waals surface area contributed by atoms with Crippen molar-refractivity contribution in [3.8, 4) is 0 Å². The Balaban J connectivity index is 3.37. The summed E-state index contributed by atoms with van der Waals surface area (Å²) in [7, 11) is -3.74. The zero-order valence-electron chi connectivity index (χ0n) is 12.0. The standard InChI is InChI=1S/C13H19NO4S2/c1-6-7-14(13(3,4)5)20(17,18)10-8-9(2)11(19-10)12(15)16/h6,8H,1,7H2,2-5H3,(H,15,16). The first kappa shape index (κ1) is 16.9. The number of hydrogen-bond acceptors (Lipinski definition) is 4. The molecular weight excluding hydrogens is 298 g/mol. The van der Waals surface area contributed by atoms with Crippen molar-refractivity contribution in [1.82, 2.24) is 4.31 Å². The van der Waals surface area contributed by atoms with Gasteiger partial charge in [-0.1, -0.05) is 6.08 Å². The third kappa shape index (κ3) is 3.28. The van der Waals surface area contributed by atoms with Crippen LogP contribution in [-0.2, 0) is 10.0 Å². The van der Waals surface area contributed by atoms with E-state index in [1.807, 2.05) is 0 Å². The third-order valence-corrected chi connectivity index (χ3v) is 6.48. The van der Waals surface area contributed by atoms with Crippen molar-refractivity contribution in [3.63, 3.8) is 0 Å². The van der Waals surface area contributed by atoms with Gasteiger partial charge in [0.05, 0.1) is 0 Å². The Labute approximate surface area is 123 Å². The minimum Gasteiger partial charge on any atom is -0.477 e. The number of aromatic carboxylic acids is 1. The summed E-state index contributed by atoms with van der Waals surface area (Å²) in [5.74, 6) is -1.11. The van der Waals surface area contributed by atoms with Crippen LogP contribution in [0.1, 0.15) is 36.0 Å². The van der Waals surface area contributed by atoms with Gasteiger partial charge in [-0.15, -0.1) is 17.9 Å². The van der Waals surface area contributed by atoms with E-state index in [-0.39, 0.29) is 15.6 Å². The molecule has 112 valence electrons. The molecule has 1 N–H and O–H groups in total. The number of aryl methyl sites for hydroxylation is 1. The normalized spacial score (nSPS) is 12.7. The highest BCUT2D eigenvalue weighted by molar-refractivity contribution is 7.91. The number of carbonyl (C=O) groups is 1. The van der Waals surface area contributed by atoms with Gasteiger partial charge in [-0.05, 0) is 39.3 Å². The van der Waals surface area contributed by atoms with Gasteiger partial charge in [0.15, 0.2) is 0 Å². The highest BCUT2D eigenvalue weighted by Gasteiger charge is 2.35. The molecular formula is C13H19NO4S2. The molecule has 1 aromatic rings. The molecule has 0 saturated heterocycles. The van der Waals surface area contributed by atoms with Crippen molar-refractivity contribution >= 4 is 27.3 Å². The van der Waals surface area contributed by atoms with Crippen LogP contribution in [0.5, 0.6) is 0 Å². The molecule has 0 radical (unpaired) electrons. The molecule has 0 atom stereocenters. The molecule has 7 heteroatoms. The number of rotatable bonds is 5. The SMILES string of the molecule is C=CCN(C(C)(C)C)S(=O)(=O)c1cc(C)c(C(=O)O)s1. The topological polar surface area (TPSA) is 74.7 Å². The van der Waals surface area contributed by atoms with E-state index in [4.69, 9.17) is 5.11 Å². The molecule has 0 aliphatic carbocycles. The van der Waals surface area contributed by atoms with Gasteiger partial charge in [-0.2, -0.15) is 4.31 Å². The van der Waals surface area contributed by atoms with Crippen molar-refractivity contribution in [3.05, 3.63) is 29.2 Å². The summed E-state index contributed by atoms with van der Waals surface area (Å²) in [5.41, 5.74) is -0.164. The molecule has 1 heterocycles. The van der Waals surface area contributed by atoms with Gasteiger partial charge in [0.2, 0.25) is 0 Å². The number of nitrogens with zero attached hydrogens (tertiary/aromatic N) is 1. The Morgan fingerprint density at radius 2 is 2.05 bits per heavy atom. The van der Waals surface area contributed by atoms with Crippen molar-refractivity contribution in [1.29, 1.82) is 0 Å². The van der Waals surface area contributed by atoms with Gasteiger partial charge in [0.1, 0.15) is 9.09 Å². The van der Waals surface area contributed by atoms with Crippen LogP contribution in [0, 0.1) is 6.92 Å². The van der Waals surface area contributed by atoms with Crippen LogP contribution in [-0.4, -0.2) is 35.9 Å². The first-order chi connectivity index (χ1) is 9.01. The largest absolute Gasteiger partial charge is 0.477 e. The lowest BCUT2D eigenvalue weighted by Crippen LogP contribution is -2.45. The van der Waals surface area contributed by atoms with Gasteiger partial charge < -0.3 is 5.11 Å². The Kier molecular flexibility index (Phi) is 4.78. The van der Waals surface area contributed by atoms with Crippen LogP contribution in [0.25, 0.3) is 0 Å². The molecule has 0 aromatic carbocycles. The van der Waals surface area contributed by atoms with E-state index in [0.717, 1.165) is 11.3 Å². The highest BCUT2D eigenvalue weighted by Crippen LogP contribution is 2.31. The quantitative estimate of drug-likeness (QED) is 0.847. The lowest BCUT2D eigenvalue weighted by Gasteiger charge is -2.33. The highest BCUT2D eigenvalue weighted by atomic mass is 32.2. The second-order valence-electron chi connectivity index (χ2n) is 5.38. The molecule has 0 unspecified atom stereocenters. The van der Waals surface area contributed by atoms with E-state index >= 15 is 0 Å². The van der Waals surface area contributed by atoms with E-state index in [0.29, 0.717) is 5.56 Å². The van der Waals surface area contributed by atoms with Crippen LogP contribution in [0.15, 0.2) is 22.9 Å². The maximum atomic E-state index is 12.7. The van der Waals surface area contributed by atoms with E-state index in [2.05, 4.69) is 6.58 Å². The van der Waals surface area contributed by atoms with Gasteiger partial charge in [0, 0.05) is 12.1 Å². The summed E-state index contributed by atoms with van der Waals surface area (Å²) in [6, 6.07) is 1.41. The summed E-state index contributed by atoms with van der Waals surface area (Å²) < 4.78 is 26.7. The number of sulfonamides is 1. The zero-order chi connectivity index (χ0) is 15.7. The van der Waals surface area contributed by atoms with E-state index in [1.54, 1.807) is 27.7 Å². The van der Waals surface area contributed by atoms with Gasteiger partial charge >= 0.3 is 5.97 Å². The molecule has 1 aromatic heterocycles. The van der Waals surface area contributed by atoms with Gasteiger partial charge in [0.25, 0.3) is 10.0 Å². The monoisotopic (exact) mass is 317 g/mol. The molecule has 0 aliphatic heterocycles. The minimum absolute atomic E-state index is 0.0455. The van der Waals surface area contributed by atoms with Crippen molar-refractivity contribution in [2.45, 2.75) is 37.4 Å². The maximum absolute atomic E-state index is 12.7. The second-order valence-corrected chi connectivity index (χ2v) is 8.52. The van der Waals surface area contributed by atoms with Crippen molar-refractivity contribution in [2.24, 2.45) is 0 Å². The summed E-state index contributed by atoms with van der Waals surface area (Å²) in [6.07, 6.45) is 1.52. The number of carboxylic acids is 1. The number of hydrogen-bond donors (Lipinski definition) is 1. The Hall–Kier alpha value is -1.18. The summed E-state index contributed by atoms with van der Waals surface area (Å²) in [4.78, 5) is 11.1. The Morgan fingerprint density at radius 1 is 1.50 bits per heavy atom. The van der Waals surface area contributed by atoms with Crippen LogP contribution in [0.2, 0.25) is 0 Å². The molecule has 20 heavy (non-hydrogen) atoms. The summed E-state index contributed by atoms with van der Waals surface area (Å²) in [5, 5.41) is 9.03. The maximum Gasteiger partial charge on any atom is 0.346 e. The van der Waals surface area contributed by atoms with Crippen LogP contribution < -0.4 is 0 Å². The molecule has 0 amide bonds. The molecule has 0 aliphatic rings. The van der Waals surface area contributed by atoms with E-state index in [9.17, 15) is 13.2 Å². The predicted octanol–water partition coefficient (Wildman–Crippen LogP) is 2.73. The number of thiophene rings is 1. The van der Waals surface area contributed by atoms with Crippen LogP contribution >= 0.6 is 11.3 Å². The van der Waals surface area contributed by atoms with Gasteiger partial charge in [-0.3, -0.25) is 0 Å². The number of carboxylic acid groups (broad SMARTS) is 1. The summed E-state index contributed by atoms with van der Waals surface area (Å²) in [6.45, 7) is 10.7. The first-order valence-corrected chi connectivity index (χ1v) is 8.25. The first-order valence-electron chi connectivity index (χ1n) is 5.99. The molecule has 5 nitrogen and oxygen atoms in total. The zero-order valence-corrected chi connectivity index (χ0v) is 13.6. The fourth-order valence-electron chi connectivity index (χ4n) is 1.75. The molecule has 0 spiro atoms. The van der Waals surface area contributed by atoms with Crippen molar-refractivity contribution in [2.75, 3.05) is 6.54 Å². The fraction of sp³-hybridized carbons (Fsp3) is 0.462. The molecule has 1 rings (SSSR count). The molecule has 0 saturated carbocycles. The fourth-order valence-corrected chi connectivity index (χ4v) is 5.00. The molecule has 0 bridgehead atoms. The molecule has 0 fully saturated rings. The lowest BCUT2D eigenvalue weighted by molar-refractivity contribution is 0.0701. The smallest absolute Gasteiger partial charge is 0.346 e. The van der Waals surface area contributed by atoms with E-state index < -0.39 is 21.5 Å².